The summed E-state index contributed by atoms with van der Waals surface area (Å²) in [4.78, 5) is 14.3. The third-order valence-corrected chi connectivity index (χ3v) is 4.69. The van der Waals surface area contributed by atoms with Gasteiger partial charge in [-0.2, -0.15) is 5.10 Å². The van der Waals surface area contributed by atoms with E-state index in [2.05, 4.69) is 57.3 Å². The van der Waals surface area contributed by atoms with Gasteiger partial charge in [0.15, 0.2) is 0 Å². The van der Waals surface area contributed by atoms with E-state index in [1.54, 1.807) is 18.3 Å². The van der Waals surface area contributed by atoms with Crippen molar-refractivity contribution >= 4 is 33.7 Å². The Balaban J connectivity index is 1.98. The summed E-state index contributed by atoms with van der Waals surface area (Å²) in [6, 6.07) is 13.6. The number of carbonyl (C=O) groups is 1. The van der Waals surface area contributed by atoms with Gasteiger partial charge in [0.1, 0.15) is 0 Å². The molecule has 4 nitrogen and oxygen atoms in total. The van der Waals surface area contributed by atoms with Crippen molar-refractivity contribution in [2.24, 2.45) is 5.10 Å². The number of halogens is 1. The third kappa shape index (κ3) is 4.68. The Bertz CT molecular complexity index is 722. The molecule has 0 heterocycles. The van der Waals surface area contributed by atoms with E-state index in [0.29, 0.717) is 5.56 Å². The van der Waals surface area contributed by atoms with E-state index in [9.17, 15) is 4.79 Å². The summed E-state index contributed by atoms with van der Waals surface area (Å²) >= 11 is 3.43. The first-order valence-corrected chi connectivity index (χ1v) is 8.79. The number of amides is 1. The zero-order chi connectivity index (χ0) is 17.5. The lowest BCUT2D eigenvalue weighted by atomic mass is 10.1. The van der Waals surface area contributed by atoms with Crippen LogP contribution in [-0.2, 0) is 0 Å². The Hall–Kier alpha value is -2.14. The fourth-order valence-corrected chi connectivity index (χ4v) is 2.70. The second-order valence-electron chi connectivity index (χ2n) is 5.43. The van der Waals surface area contributed by atoms with E-state index < -0.39 is 0 Å². The van der Waals surface area contributed by atoms with Gasteiger partial charge in [-0.05, 0) is 56.2 Å². The van der Waals surface area contributed by atoms with Gasteiger partial charge < -0.3 is 4.90 Å². The van der Waals surface area contributed by atoms with E-state index in [0.717, 1.165) is 28.7 Å². The van der Waals surface area contributed by atoms with Crippen LogP contribution in [0.15, 0.2) is 52.0 Å². The molecule has 126 valence electrons. The number of carbonyl (C=O) groups excluding carboxylic acids is 1. The van der Waals surface area contributed by atoms with Crippen molar-refractivity contribution in [3.05, 3.63) is 63.6 Å². The normalized spacial score (nSPS) is 10.8. The monoisotopic (exact) mass is 387 g/mol. The van der Waals surface area contributed by atoms with Crippen LogP contribution in [0.25, 0.3) is 0 Å². The maximum atomic E-state index is 12.1. The van der Waals surface area contributed by atoms with Crippen molar-refractivity contribution in [1.82, 2.24) is 5.43 Å². The second kappa shape index (κ2) is 8.64. The van der Waals surface area contributed by atoms with Crippen LogP contribution in [0.5, 0.6) is 0 Å². The lowest BCUT2D eigenvalue weighted by Crippen LogP contribution is -2.21. The van der Waals surface area contributed by atoms with Gasteiger partial charge in [0.2, 0.25) is 0 Å². The van der Waals surface area contributed by atoms with Gasteiger partial charge in [0.25, 0.3) is 5.91 Å². The quantitative estimate of drug-likeness (QED) is 0.590. The van der Waals surface area contributed by atoms with Crippen molar-refractivity contribution in [3.8, 4) is 0 Å². The molecule has 1 amide bonds. The molecular formula is C19H22BrN3O. The molecule has 0 fully saturated rings. The zero-order valence-electron chi connectivity index (χ0n) is 14.2. The lowest BCUT2D eigenvalue weighted by Gasteiger charge is -2.20. The average molecular weight is 388 g/mol. The van der Waals surface area contributed by atoms with Crippen LogP contribution >= 0.6 is 15.9 Å². The number of aryl methyl sites for hydroxylation is 1. The Morgan fingerprint density at radius 2 is 1.83 bits per heavy atom. The summed E-state index contributed by atoms with van der Waals surface area (Å²) in [5.41, 5.74) is 6.34. The van der Waals surface area contributed by atoms with E-state index in [-0.39, 0.29) is 5.91 Å². The maximum absolute atomic E-state index is 12.1. The number of hydrogen-bond acceptors (Lipinski definition) is 3. The molecule has 0 saturated heterocycles. The van der Waals surface area contributed by atoms with Gasteiger partial charge in [-0.25, -0.2) is 5.43 Å². The Labute approximate surface area is 151 Å². The summed E-state index contributed by atoms with van der Waals surface area (Å²) in [7, 11) is 0. The summed E-state index contributed by atoms with van der Waals surface area (Å²) in [6.45, 7) is 8.21. The highest BCUT2D eigenvalue weighted by atomic mass is 79.9. The first-order chi connectivity index (χ1) is 11.5. The minimum absolute atomic E-state index is 0.230. The second-order valence-corrected chi connectivity index (χ2v) is 6.28. The van der Waals surface area contributed by atoms with Crippen LogP contribution in [-0.4, -0.2) is 25.2 Å². The molecule has 0 aromatic heterocycles. The van der Waals surface area contributed by atoms with Gasteiger partial charge in [-0.15, -0.1) is 0 Å². The molecule has 2 aromatic rings. The van der Waals surface area contributed by atoms with Gasteiger partial charge in [-0.1, -0.05) is 34.1 Å². The van der Waals surface area contributed by atoms with E-state index >= 15 is 0 Å². The minimum Gasteiger partial charge on any atom is -0.372 e. The van der Waals surface area contributed by atoms with Gasteiger partial charge in [0.05, 0.1) is 6.21 Å². The summed E-state index contributed by atoms with van der Waals surface area (Å²) in [5.74, 6) is -0.230. The number of nitrogens with one attached hydrogen (secondary N) is 1. The van der Waals surface area contributed by atoms with Gasteiger partial charge in [-0.3, -0.25) is 4.79 Å². The maximum Gasteiger partial charge on any atom is 0.271 e. The molecular weight excluding hydrogens is 366 g/mol. The van der Waals surface area contributed by atoms with Crippen molar-refractivity contribution < 1.29 is 4.79 Å². The van der Waals surface area contributed by atoms with Crippen LogP contribution in [0.4, 0.5) is 5.69 Å². The first-order valence-electron chi connectivity index (χ1n) is 7.99. The van der Waals surface area contributed by atoms with Crippen LogP contribution in [0, 0.1) is 6.92 Å². The average Bonchev–Trinajstić information content (AvgIpc) is 2.59. The topological polar surface area (TPSA) is 44.7 Å². The SMILES string of the molecule is CCN(CC)c1ccc(C=NNC(=O)c2ccc(C)c(Br)c2)cc1. The summed E-state index contributed by atoms with van der Waals surface area (Å²) in [6.07, 6.45) is 1.65. The van der Waals surface area contributed by atoms with Crippen molar-refractivity contribution in [3.63, 3.8) is 0 Å². The highest BCUT2D eigenvalue weighted by Crippen LogP contribution is 2.17. The molecule has 5 heteroatoms. The number of anilines is 1. The van der Waals surface area contributed by atoms with Crippen LogP contribution in [0.2, 0.25) is 0 Å². The molecule has 1 N–H and O–H groups in total. The summed E-state index contributed by atoms with van der Waals surface area (Å²) < 4.78 is 0.908. The number of nitrogens with zero attached hydrogens (tertiary/aromatic N) is 2. The largest absolute Gasteiger partial charge is 0.372 e. The highest BCUT2D eigenvalue weighted by Gasteiger charge is 2.06. The van der Waals surface area contributed by atoms with E-state index in [1.165, 1.54) is 5.69 Å². The van der Waals surface area contributed by atoms with Gasteiger partial charge in [0, 0.05) is 28.8 Å². The number of rotatable bonds is 6. The molecule has 0 unspecified atom stereocenters. The number of hydrogen-bond donors (Lipinski definition) is 1. The lowest BCUT2D eigenvalue weighted by molar-refractivity contribution is 0.0955. The van der Waals surface area contributed by atoms with Crippen LogP contribution < -0.4 is 10.3 Å². The van der Waals surface area contributed by atoms with E-state index in [4.69, 9.17) is 0 Å². The molecule has 2 aromatic carbocycles. The van der Waals surface area contributed by atoms with Gasteiger partial charge >= 0.3 is 0 Å². The van der Waals surface area contributed by atoms with Crippen molar-refractivity contribution in [1.29, 1.82) is 0 Å². The Morgan fingerprint density at radius 1 is 1.17 bits per heavy atom. The number of hydrazone groups is 1. The molecule has 0 atom stereocenters. The fraction of sp³-hybridized carbons (Fsp3) is 0.263. The predicted molar refractivity (Wildman–Crippen MR) is 104 cm³/mol. The standard InChI is InChI=1S/C19H22BrN3O/c1-4-23(5-2)17-10-7-15(8-11-17)13-21-22-19(24)16-9-6-14(3)18(20)12-16/h6-13H,4-5H2,1-3H3,(H,22,24). The highest BCUT2D eigenvalue weighted by molar-refractivity contribution is 9.10. The molecule has 0 aliphatic rings. The molecule has 24 heavy (non-hydrogen) atoms. The molecule has 0 saturated carbocycles. The molecule has 0 spiro atoms. The zero-order valence-corrected chi connectivity index (χ0v) is 15.8. The predicted octanol–water partition coefficient (Wildman–Crippen LogP) is 4.37. The molecule has 0 aliphatic heterocycles. The molecule has 0 radical (unpaired) electrons. The summed E-state index contributed by atoms with van der Waals surface area (Å²) in [5, 5.41) is 4.03. The van der Waals surface area contributed by atoms with E-state index in [1.807, 2.05) is 25.1 Å². The first kappa shape index (κ1) is 18.2. The van der Waals surface area contributed by atoms with Crippen molar-refractivity contribution in [2.45, 2.75) is 20.8 Å². The molecule has 2 rings (SSSR count). The van der Waals surface area contributed by atoms with Crippen LogP contribution in [0.1, 0.15) is 35.3 Å². The molecule has 0 aliphatic carbocycles. The van der Waals surface area contributed by atoms with Crippen molar-refractivity contribution in [2.75, 3.05) is 18.0 Å². The smallest absolute Gasteiger partial charge is 0.271 e. The molecule has 0 bridgehead atoms. The number of benzene rings is 2. The van der Waals surface area contributed by atoms with Crippen LogP contribution in [0.3, 0.4) is 0 Å². The Kier molecular flexibility index (Phi) is 6.55. The third-order valence-electron chi connectivity index (χ3n) is 3.84. The Morgan fingerprint density at radius 3 is 2.42 bits per heavy atom. The minimum atomic E-state index is -0.230. The fourth-order valence-electron chi connectivity index (χ4n) is 2.32.